The molecule has 0 radical (unpaired) electrons. The van der Waals surface area contributed by atoms with E-state index in [0.717, 1.165) is 0 Å². The van der Waals surface area contributed by atoms with Crippen molar-refractivity contribution in [1.82, 2.24) is 5.43 Å². The van der Waals surface area contributed by atoms with Gasteiger partial charge < -0.3 is 9.15 Å². The number of nitrogen functional groups attached to an aromatic ring is 1. The van der Waals surface area contributed by atoms with Crippen LogP contribution < -0.4 is 11.3 Å². The number of nitrogens with one attached hydrogen (secondary N) is 1. The standard InChI is InChI=1S/C12H20N2O3/c1-7(2)8(3)16-6-10-5-11(9(4)17-10)12(15)14-13/h5,7-8H,6,13H2,1-4H3,(H,14,15). The van der Waals surface area contributed by atoms with Crippen molar-refractivity contribution in [2.75, 3.05) is 0 Å². The Morgan fingerprint density at radius 3 is 2.71 bits per heavy atom. The van der Waals surface area contributed by atoms with Crippen molar-refractivity contribution < 1.29 is 13.9 Å². The fourth-order valence-electron chi connectivity index (χ4n) is 1.32. The molecule has 3 N–H and O–H groups in total. The summed E-state index contributed by atoms with van der Waals surface area (Å²) in [4.78, 5) is 11.4. The molecule has 1 unspecified atom stereocenters. The van der Waals surface area contributed by atoms with Crippen molar-refractivity contribution in [3.8, 4) is 0 Å². The van der Waals surface area contributed by atoms with E-state index >= 15 is 0 Å². The van der Waals surface area contributed by atoms with Crippen molar-refractivity contribution in [2.24, 2.45) is 11.8 Å². The predicted octanol–water partition coefficient (Wildman–Crippen LogP) is 1.75. The third kappa shape index (κ3) is 3.57. The molecule has 0 bridgehead atoms. The summed E-state index contributed by atoms with van der Waals surface area (Å²) in [6, 6.07) is 1.66. The van der Waals surface area contributed by atoms with Gasteiger partial charge in [0.2, 0.25) is 0 Å². The Bertz CT molecular complexity index is 385. The number of hydrogen-bond acceptors (Lipinski definition) is 4. The van der Waals surface area contributed by atoms with E-state index in [1.165, 1.54) is 0 Å². The number of amides is 1. The first-order valence-corrected chi connectivity index (χ1v) is 5.67. The van der Waals surface area contributed by atoms with Crippen LogP contribution in [0.4, 0.5) is 0 Å². The quantitative estimate of drug-likeness (QED) is 0.467. The Morgan fingerprint density at radius 2 is 2.18 bits per heavy atom. The fourth-order valence-corrected chi connectivity index (χ4v) is 1.32. The largest absolute Gasteiger partial charge is 0.463 e. The Hall–Kier alpha value is -1.33. The van der Waals surface area contributed by atoms with Gasteiger partial charge in [-0.2, -0.15) is 0 Å². The van der Waals surface area contributed by atoms with E-state index in [1.54, 1.807) is 13.0 Å². The molecule has 17 heavy (non-hydrogen) atoms. The van der Waals surface area contributed by atoms with E-state index < -0.39 is 0 Å². The highest BCUT2D eigenvalue weighted by Crippen LogP contribution is 2.17. The molecule has 5 heteroatoms. The molecule has 1 aromatic heterocycles. The SMILES string of the molecule is Cc1oc(COC(C)C(C)C)cc1C(=O)NN. The minimum absolute atomic E-state index is 0.146. The van der Waals surface area contributed by atoms with Crippen LogP contribution in [-0.4, -0.2) is 12.0 Å². The van der Waals surface area contributed by atoms with E-state index in [2.05, 4.69) is 19.3 Å². The van der Waals surface area contributed by atoms with E-state index in [1.807, 2.05) is 6.92 Å². The molecule has 0 aromatic carbocycles. The van der Waals surface area contributed by atoms with Gasteiger partial charge >= 0.3 is 0 Å². The zero-order chi connectivity index (χ0) is 13.0. The topological polar surface area (TPSA) is 77.5 Å². The fraction of sp³-hybridized carbons (Fsp3) is 0.583. The van der Waals surface area contributed by atoms with Crippen LogP contribution in [0, 0.1) is 12.8 Å². The molecular formula is C12H20N2O3. The van der Waals surface area contributed by atoms with Crippen LogP contribution in [0.25, 0.3) is 0 Å². The molecule has 0 fully saturated rings. The molecule has 1 atom stereocenters. The summed E-state index contributed by atoms with van der Waals surface area (Å²) in [5, 5.41) is 0. The van der Waals surface area contributed by atoms with Gasteiger partial charge in [-0.3, -0.25) is 10.2 Å². The molecule has 1 amide bonds. The highest BCUT2D eigenvalue weighted by Gasteiger charge is 2.15. The number of hydrazine groups is 1. The number of furan rings is 1. The van der Waals surface area contributed by atoms with Crippen LogP contribution in [0.3, 0.4) is 0 Å². The summed E-state index contributed by atoms with van der Waals surface area (Å²) in [7, 11) is 0. The lowest BCUT2D eigenvalue weighted by atomic mass is 10.1. The van der Waals surface area contributed by atoms with Gasteiger partial charge in [-0.25, -0.2) is 5.84 Å². The Kier molecular flexibility index (Phi) is 4.72. The molecule has 1 heterocycles. The molecule has 1 aromatic rings. The Morgan fingerprint density at radius 1 is 1.53 bits per heavy atom. The van der Waals surface area contributed by atoms with Crippen LogP contribution in [0.5, 0.6) is 0 Å². The average Bonchev–Trinajstić information content (AvgIpc) is 2.66. The summed E-state index contributed by atoms with van der Waals surface area (Å²) in [6.45, 7) is 8.27. The number of rotatable bonds is 5. The molecule has 0 aliphatic rings. The Balaban J connectivity index is 2.65. The second-order valence-electron chi connectivity index (χ2n) is 4.42. The number of hydrogen-bond donors (Lipinski definition) is 2. The van der Waals surface area contributed by atoms with Gasteiger partial charge in [-0.1, -0.05) is 13.8 Å². The lowest BCUT2D eigenvalue weighted by Gasteiger charge is -2.15. The number of aryl methyl sites for hydroxylation is 1. The number of carbonyl (C=O) groups excluding carboxylic acids is 1. The van der Waals surface area contributed by atoms with Crippen molar-refractivity contribution in [1.29, 1.82) is 0 Å². The number of nitrogens with two attached hydrogens (primary N) is 1. The van der Waals surface area contributed by atoms with Gasteiger partial charge in [0, 0.05) is 0 Å². The molecule has 96 valence electrons. The van der Waals surface area contributed by atoms with Gasteiger partial charge in [0.05, 0.1) is 11.7 Å². The normalized spacial score (nSPS) is 12.8. The first-order valence-electron chi connectivity index (χ1n) is 5.67. The summed E-state index contributed by atoms with van der Waals surface area (Å²) >= 11 is 0. The Labute approximate surface area is 101 Å². The van der Waals surface area contributed by atoms with Crippen LogP contribution in [-0.2, 0) is 11.3 Å². The van der Waals surface area contributed by atoms with Gasteiger partial charge in [0.15, 0.2) is 0 Å². The maximum Gasteiger partial charge on any atom is 0.268 e. The molecular weight excluding hydrogens is 220 g/mol. The maximum absolute atomic E-state index is 11.4. The summed E-state index contributed by atoms with van der Waals surface area (Å²) in [6.07, 6.45) is 0.146. The first kappa shape index (κ1) is 13.7. The van der Waals surface area contributed by atoms with Crippen LogP contribution in [0.15, 0.2) is 10.5 Å². The van der Waals surface area contributed by atoms with Crippen molar-refractivity contribution in [2.45, 2.75) is 40.4 Å². The smallest absolute Gasteiger partial charge is 0.268 e. The summed E-state index contributed by atoms with van der Waals surface area (Å²) in [5.41, 5.74) is 2.53. The minimum atomic E-state index is -0.352. The molecule has 0 saturated heterocycles. The second-order valence-corrected chi connectivity index (χ2v) is 4.42. The predicted molar refractivity (Wildman–Crippen MR) is 64.2 cm³/mol. The lowest BCUT2D eigenvalue weighted by molar-refractivity contribution is 0.0146. The van der Waals surface area contributed by atoms with Gasteiger partial charge in [0.1, 0.15) is 18.1 Å². The zero-order valence-corrected chi connectivity index (χ0v) is 10.7. The van der Waals surface area contributed by atoms with Crippen LogP contribution >= 0.6 is 0 Å². The van der Waals surface area contributed by atoms with Gasteiger partial charge in [-0.05, 0) is 25.8 Å². The van der Waals surface area contributed by atoms with Gasteiger partial charge in [0.25, 0.3) is 5.91 Å². The second kappa shape index (κ2) is 5.84. The minimum Gasteiger partial charge on any atom is -0.463 e. The third-order valence-corrected chi connectivity index (χ3v) is 2.77. The summed E-state index contributed by atoms with van der Waals surface area (Å²) in [5.74, 6) is 6.34. The van der Waals surface area contributed by atoms with Crippen LogP contribution in [0.2, 0.25) is 0 Å². The van der Waals surface area contributed by atoms with Crippen molar-refractivity contribution in [3.05, 3.63) is 23.2 Å². The molecule has 1 rings (SSSR count). The maximum atomic E-state index is 11.4. The zero-order valence-electron chi connectivity index (χ0n) is 10.7. The molecule has 0 aliphatic carbocycles. The van der Waals surface area contributed by atoms with Gasteiger partial charge in [-0.15, -0.1) is 0 Å². The monoisotopic (exact) mass is 240 g/mol. The highest BCUT2D eigenvalue weighted by molar-refractivity contribution is 5.94. The molecule has 0 aliphatic heterocycles. The van der Waals surface area contributed by atoms with E-state index in [9.17, 15) is 4.79 Å². The lowest BCUT2D eigenvalue weighted by Crippen LogP contribution is -2.30. The molecule has 0 spiro atoms. The van der Waals surface area contributed by atoms with E-state index in [0.29, 0.717) is 29.6 Å². The van der Waals surface area contributed by atoms with Crippen LogP contribution in [0.1, 0.15) is 42.6 Å². The molecule has 5 nitrogen and oxygen atoms in total. The molecule has 0 saturated carbocycles. The first-order chi connectivity index (χ1) is 7.95. The van der Waals surface area contributed by atoms with Crippen molar-refractivity contribution >= 4 is 5.91 Å². The third-order valence-electron chi connectivity index (χ3n) is 2.77. The van der Waals surface area contributed by atoms with Crippen molar-refractivity contribution in [3.63, 3.8) is 0 Å². The van der Waals surface area contributed by atoms with E-state index in [4.69, 9.17) is 15.0 Å². The van der Waals surface area contributed by atoms with E-state index in [-0.39, 0.29) is 12.0 Å². The number of carbonyl (C=O) groups is 1. The summed E-state index contributed by atoms with van der Waals surface area (Å²) < 4.78 is 11.0. The highest BCUT2D eigenvalue weighted by atomic mass is 16.5. The average molecular weight is 240 g/mol. The number of ether oxygens (including phenoxy) is 1.